The van der Waals surface area contributed by atoms with E-state index in [-0.39, 0.29) is 44.4 Å². The molecule has 6 nitrogen and oxygen atoms in total. The maximum absolute atomic E-state index is 12.8. The van der Waals surface area contributed by atoms with Crippen LogP contribution < -0.4 is 0 Å². The van der Waals surface area contributed by atoms with E-state index in [0.717, 1.165) is 122 Å². The highest BCUT2D eigenvalue weighted by Gasteiger charge is 2.19. The van der Waals surface area contributed by atoms with E-state index in [9.17, 15) is 14.4 Å². The molecule has 0 heterocycles. The third-order valence-electron chi connectivity index (χ3n) is 10.7. The average molecular weight is 975 g/mol. The van der Waals surface area contributed by atoms with Crippen molar-refractivity contribution in [1.29, 1.82) is 0 Å². The maximum Gasteiger partial charge on any atom is 0.306 e. The standard InChI is InChI=1S/C65H98O6/c1-4-7-10-13-16-19-22-25-28-31-32-35-37-40-43-46-49-52-55-58-64(67)70-61-62(71-65(68)59-56-53-50-47-44-41-38-34-30-27-24-21-18-15-12-9-6-3)60-69-63(66)57-54-51-48-45-42-39-36-33-29-26-23-20-17-14-11-8-5-2/h7,9-10,12,16-21,25-30,32,35-36,38-41,43,45,47-48,50,62H,4-6,8,11,13-15,22-24,31,33-34,37,42,44,46,49,51-61H2,1-3H3/b10-7-,12-9-,19-16-,20-17-,21-18-,28-25-,29-26-,30-27-,35-32-,39-36-,41-38-,43-40-,48-45-,50-47-/t62-/m0/s1. The third kappa shape index (κ3) is 55.6. The molecule has 0 unspecified atom stereocenters. The molecule has 0 aromatic carbocycles. The van der Waals surface area contributed by atoms with Gasteiger partial charge in [0.1, 0.15) is 13.2 Å². The number of rotatable bonds is 47. The fourth-order valence-electron chi connectivity index (χ4n) is 6.61. The Kier molecular flexibility index (Phi) is 53.1. The molecule has 0 rings (SSSR count). The SMILES string of the molecule is CC/C=C\C/C=C\C/C=C\C/C=C\C/C=C\CCCCCC(=O)OC[C@H](COC(=O)CCC/C=C\C/C=C\C/C=C\C/C=C\CCCCC)OC(=O)CCC/C=C\C/C=C\C/C=C\C/C=C\C/C=C\CC. The van der Waals surface area contributed by atoms with Gasteiger partial charge in [-0.05, 0) is 141 Å². The van der Waals surface area contributed by atoms with Crippen LogP contribution in [0.15, 0.2) is 170 Å². The molecule has 0 aromatic rings. The van der Waals surface area contributed by atoms with Gasteiger partial charge in [0.2, 0.25) is 0 Å². The fraction of sp³-hybridized carbons (Fsp3) is 0.523. The normalized spacial score (nSPS) is 13.5. The predicted molar refractivity (Wildman–Crippen MR) is 306 cm³/mol. The lowest BCUT2D eigenvalue weighted by Gasteiger charge is -2.18. The molecule has 1 atom stereocenters. The largest absolute Gasteiger partial charge is 0.462 e. The Morgan fingerprint density at radius 2 is 0.563 bits per heavy atom. The molecule has 0 fully saturated rings. The Morgan fingerprint density at radius 1 is 0.296 bits per heavy atom. The molecule has 0 radical (unpaired) electrons. The minimum Gasteiger partial charge on any atom is -0.462 e. The van der Waals surface area contributed by atoms with Gasteiger partial charge in [-0.3, -0.25) is 14.4 Å². The number of carbonyl (C=O) groups is 3. The summed E-state index contributed by atoms with van der Waals surface area (Å²) in [5.41, 5.74) is 0. The van der Waals surface area contributed by atoms with Gasteiger partial charge in [-0.25, -0.2) is 0 Å². The zero-order chi connectivity index (χ0) is 51.4. The first-order valence-corrected chi connectivity index (χ1v) is 27.6. The monoisotopic (exact) mass is 975 g/mol. The van der Waals surface area contributed by atoms with Gasteiger partial charge in [0.25, 0.3) is 0 Å². The molecule has 0 amide bonds. The molecule has 0 saturated heterocycles. The minimum atomic E-state index is -0.854. The Balaban J connectivity index is 4.67. The zero-order valence-electron chi connectivity index (χ0n) is 44.9. The average Bonchev–Trinajstić information content (AvgIpc) is 3.37. The summed E-state index contributed by atoms with van der Waals surface area (Å²) in [5.74, 6) is -1.10. The highest BCUT2D eigenvalue weighted by Crippen LogP contribution is 2.10. The van der Waals surface area contributed by atoms with Crippen molar-refractivity contribution in [3.8, 4) is 0 Å². The lowest BCUT2D eigenvalue weighted by atomic mass is 10.1. The van der Waals surface area contributed by atoms with E-state index >= 15 is 0 Å². The first-order chi connectivity index (χ1) is 35.0. The second kappa shape index (κ2) is 57.3. The summed E-state index contributed by atoms with van der Waals surface area (Å²) in [6, 6.07) is 0. The van der Waals surface area contributed by atoms with Crippen molar-refractivity contribution in [2.45, 2.75) is 207 Å². The molecule has 0 spiro atoms. The number of hydrogen-bond acceptors (Lipinski definition) is 6. The zero-order valence-corrected chi connectivity index (χ0v) is 44.9. The maximum atomic E-state index is 12.8. The van der Waals surface area contributed by atoms with Crippen LogP contribution in [0, 0.1) is 0 Å². The second-order valence-electron chi connectivity index (χ2n) is 17.4. The number of ether oxygens (including phenoxy) is 3. The van der Waals surface area contributed by atoms with E-state index in [1.165, 1.54) is 25.7 Å². The van der Waals surface area contributed by atoms with Crippen LogP contribution in [0.4, 0.5) is 0 Å². The van der Waals surface area contributed by atoms with E-state index in [1.54, 1.807) is 0 Å². The summed E-state index contributed by atoms with van der Waals surface area (Å²) in [5, 5.41) is 0. The lowest BCUT2D eigenvalue weighted by Crippen LogP contribution is -2.30. The van der Waals surface area contributed by atoms with E-state index in [0.29, 0.717) is 12.8 Å². The van der Waals surface area contributed by atoms with Crippen molar-refractivity contribution in [2.24, 2.45) is 0 Å². The number of allylic oxidation sites excluding steroid dienone is 28. The Bertz CT molecular complexity index is 1690. The molecule has 0 aliphatic rings. The molecular weight excluding hydrogens is 877 g/mol. The van der Waals surface area contributed by atoms with Gasteiger partial charge in [-0.15, -0.1) is 0 Å². The molecular formula is C65H98O6. The van der Waals surface area contributed by atoms with Crippen LogP contribution in [-0.2, 0) is 28.6 Å². The van der Waals surface area contributed by atoms with Crippen molar-refractivity contribution in [1.82, 2.24) is 0 Å². The van der Waals surface area contributed by atoms with Crippen LogP contribution in [-0.4, -0.2) is 37.2 Å². The van der Waals surface area contributed by atoms with E-state index in [2.05, 4.69) is 191 Å². The molecule has 0 aliphatic carbocycles. The smallest absolute Gasteiger partial charge is 0.306 e. The van der Waals surface area contributed by atoms with Gasteiger partial charge < -0.3 is 14.2 Å². The summed E-state index contributed by atoms with van der Waals surface area (Å²) >= 11 is 0. The number of carbonyl (C=O) groups excluding carboxylic acids is 3. The molecule has 394 valence electrons. The Hall–Kier alpha value is -5.23. The Labute approximate surface area is 434 Å². The molecule has 71 heavy (non-hydrogen) atoms. The van der Waals surface area contributed by atoms with Gasteiger partial charge in [0.05, 0.1) is 0 Å². The number of esters is 3. The van der Waals surface area contributed by atoms with Gasteiger partial charge in [-0.1, -0.05) is 210 Å². The highest BCUT2D eigenvalue weighted by molar-refractivity contribution is 5.71. The molecule has 0 saturated carbocycles. The molecule has 0 aliphatic heterocycles. The minimum absolute atomic E-state index is 0.144. The van der Waals surface area contributed by atoms with Crippen LogP contribution in [0.2, 0.25) is 0 Å². The van der Waals surface area contributed by atoms with Gasteiger partial charge >= 0.3 is 17.9 Å². The number of unbranched alkanes of at least 4 members (excludes halogenated alkanes) is 8. The van der Waals surface area contributed by atoms with Crippen molar-refractivity contribution >= 4 is 17.9 Å². The van der Waals surface area contributed by atoms with Crippen molar-refractivity contribution in [3.05, 3.63) is 170 Å². The lowest BCUT2D eigenvalue weighted by molar-refractivity contribution is -0.167. The first kappa shape index (κ1) is 65.8. The van der Waals surface area contributed by atoms with Gasteiger partial charge in [0, 0.05) is 19.3 Å². The topological polar surface area (TPSA) is 78.9 Å². The van der Waals surface area contributed by atoms with Gasteiger partial charge in [-0.2, -0.15) is 0 Å². The van der Waals surface area contributed by atoms with Crippen LogP contribution in [0.5, 0.6) is 0 Å². The summed E-state index contributed by atoms with van der Waals surface area (Å²) in [4.78, 5) is 38.1. The third-order valence-corrected chi connectivity index (χ3v) is 10.7. The van der Waals surface area contributed by atoms with Crippen LogP contribution in [0.25, 0.3) is 0 Å². The van der Waals surface area contributed by atoms with Crippen LogP contribution in [0.1, 0.15) is 201 Å². The summed E-state index contributed by atoms with van der Waals surface area (Å²) < 4.78 is 16.7. The molecule has 6 heteroatoms. The Morgan fingerprint density at radius 3 is 0.887 bits per heavy atom. The summed E-state index contributed by atoms with van der Waals surface area (Å²) in [6.07, 6.45) is 84.9. The summed E-state index contributed by atoms with van der Waals surface area (Å²) in [6.45, 7) is 6.23. The molecule has 0 aromatic heterocycles. The van der Waals surface area contributed by atoms with Crippen molar-refractivity contribution in [3.63, 3.8) is 0 Å². The van der Waals surface area contributed by atoms with Gasteiger partial charge in [0.15, 0.2) is 6.10 Å². The van der Waals surface area contributed by atoms with Crippen molar-refractivity contribution < 1.29 is 28.6 Å². The van der Waals surface area contributed by atoms with Crippen LogP contribution in [0.3, 0.4) is 0 Å². The summed E-state index contributed by atoms with van der Waals surface area (Å²) in [7, 11) is 0. The van der Waals surface area contributed by atoms with E-state index in [4.69, 9.17) is 14.2 Å². The van der Waals surface area contributed by atoms with Crippen molar-refractivity contribution in [2.75, 3.05) is 13.2 Å². The first-order valence-electron chi connectivity index (χ1n) is 27.6. The predicted octanol–water partition coefficient (Wildman–Crippen LogP) is 18.8. The number of hydrogen-bond donors (Lipinski definition) is 0. The quantitative estimate of drug-likeness (QED) is 0.0262. The fourth-order valence-corrected chi connectivity index (χ4v) is 6.61. The molecule has 0 bridgehead atoms. The van der Waals surface area contributed by atoms with E-state index < -0.39 is 12.1 Å². The second-order valence-corrected chi connectivity index (χ2v) is 17.4. The van der Waals surface area contributed by atoms with Crippen LogP contribution >= 0.6 is 0 Å². The highest BCUT2D eigenvalue weighted by atomic mass is 16.6. The van der Waals surface area contributed by atoms with E-state index in [1.807, 2.05) is 0 Å². The molecule has 0 N–H and O–H groups in total.